The fourth-order valence-electron chi connectivity index (χ4n) is 4.15. The Kier molecular flexibility index (Phi) is 4.22. The minimum atomic E-state index is -0.0429. The number of likely N-dealkylation sites (N-methyl/N-ethyl adjacent to an activating group) is 1. The molecule has 4 aromatic rings. The molecule has 0 aliphatic carbocycles. The summed E-state index contributed by atoms with van der Waals surface area (Å²) in [6, 6.07) is 18.0. The number of hydrogen-bond acceptors (Lipinski definition) is 4. The zero-order valence-electron chi connectivity index (χ0n) is 15.9. The first-order chi connectivity index (χ1) is 13.7. The largest absolute Gasteiger partial charge is 0.311 e. The summed E-state index contributed by atoms with van der Waals surface area (Å²) in [6.45, 7) is 2.95. The molecule has 1 aliphatic heterocycles. The second-order valence-corrected chi connectivity index (χ2v) is 7.53. The predicted octanol–water partition coefficient (Wildman–Crippen LogP) is 2.31. The molecule has 1 fully saturated rings. The van der Waals surface area contributed by atoms with E-state index in [9.17, 15) is 4.79 Å². The maximum absolute atomic E-state index is 13.4. The minimum absolute atomic E-state index is 0.0429. The Morgan fingerprint density at radius 1 is 1.11 bits per heavy atom. The van der Waals surface area contributed by atoms with Crippen LogP contribution in [-0.4, -0.2) is 52.4 Å². The smallest absolute Gasteiger partial charge is 0.280 e. The molecule has 1 saturated heterocycles. The van der Waals surface area contributed by atoms with Crippen LogP contribution >= 0.6 is 0 Å². The van der Waals surface area contributed by atoms with Gasteiger partial charge in [-0.25, -0.2) is 4.68 Å². The van der Waals surface area contributed by atoms with E-state index in [2.05, 4.69) is 22.4 Å². The third-order valence-corrected chi connectivity index (χ3v) is 5.52. The predicted molar refractivity (Wildman–Crippen MR) is 112 cm³/mol. The molecular weight excluding hydrogens is 350 g/mol. The molecule has 0 amide bonds. The molecule has 2 aromatic carbocycles. The standard InChI is InChI=1S/C22H23N5O/c1-26-12-11-23-15(14-26)13-19-20-21(17-9-5-6-10-18(17)24-19)25-27(22(20)28)16-7-3-2-4-8-16/h2-10,15,23,25H,11-14H2,1H3. The van der Waals surface area contributed by atoms with Crippen LogP contribution in [0, 0.1) is 0 Å². The summed E-state index contributed by atoms with van der Waals surface area (Å²) in [6.07, 6.45) is 0.730. The molecule has 0 saturated carbocycles. The summed E-state index contributed by atoms with van der Waals surface area (Å²) in [5, 5.41) is 8.58. The fourth-order valence-corrected chi connectivity index (χ4v) is 4.15. The average molecular weight is 373 g/mol. The van der Waals surface area contributed by atoms with Crippen molar-refractivity contribution in [1.29, 1.82) is 0 Å². The molecule has 0 spiro atoms. The number of nitrogens with zero attached hydrogens (tertiary/aromatic N) is 3. The molecule has 0 radical (unpaired) electrons. The number of rotatable bonds is 3. The number of aromatic nitrogens is 3. The van der Waals surface area contributed by atoms with Gasteiger partial charge in [0, 0.05) is 37.5 Å². The van der Waals surface area contributed by atoms with E-state index in [1.807, 2.05) is 54.6 Å². The number of H-pyrrole nitrogens is 1. The van der Waals surface area contributed by atoms with Gasteiger partial charge in [-0.3, -0.25) is 14.9 Å². The highest BCUT2D eigenvalue weighted by Gasteiger charge is 2.22. The number of piperazine rings is 1. The van der Waals surface area contributed by atoms with E-state index in [0.29, 0.717) is 5.39 Å². The van der Waals surface area contributed by atoms with Gasteiger partial charge in [0.1, 0.15) is 0 Å². The van der Waals surface area contributed by atoms with E-state index in [0.717, 1.165) is 53.9 Å². The van der Waals surface area contributed by atoms with Gasteiger partial charge in [-0.15, -0.1) is 0 Å². The fraction of sp³-hybridized carbons (Fsp3) is 0.273. The Balaban J connectivity index is 1.72. The first-order valence-electron chi connectivity index (χ1n) is 9.70. The highest BCUT2D eigenvalue weighted by atomic mass is 16.1. The molecule has 2 N–H and O–H groups in total. The van der Waals surface area contributed by atoms with Crippen LogP contribution in [-0.2, 0) is 6.42 Å². The van der Waals surface area contributed by atoms with E-state index < -0.39 is 0 Å². The maximum atomic E-state index is 13.4. The van der Waals surface area contributed by atoms with Gasteiger partial charge in [-0.05, 0) is 25.2 Å². The molecule has 2 aromatic heterocycles. The van der Waals surface area contributed by atoms with Gasteiger partial charge in [-0.1, -0.05) is 36.4 Å². The summed E-state index contributed by atoms with van der Waals surface area (Å²) in [4.78, 5) is 20.6. The number of hydrogen-bond donors (Lipinski definition) is 2. The molecule has 0 bridgehead atoms. The van der Waals surface area contributed by atoms with Crippen molar-refractivity contribution in [3.8, 4) is 5.69 Å². The van der Waals surface area contributed by atoms with Gasteiger partial charge in [-0.2, -0.15) is 0 Å². The molecule has 142 valence electrons. The highest BCUT2D eigenvalue weighted by Crippen LogP contribution is 2.25. The zero-order valence-corrected chi connectivity index (χ0v) is 15.9. The molecule has 1 atom stereocenters. The van der Waals surface area contributed by atoms with Crippen LogP contribution in [0.4, 0.5) is 0 Å². The first-order valence-corrected chi connectivity index (χ1v) is 9.70. The van der Waals surface area contributed by atoms with E-state index in [1.165, 1.54) is 0 Å². The highest BCUT2D eigenvalue weighted by molar-refractivity contribution is 6.04. The summed E-state index contributed by atoms with van der Waals surface area (Å²) >= 11 is 0. The lowest BCUT2D eigenvalue weighted by Crippen LogP contribution is -2.50. The van der Waals surface area contributed by atoms with Crippen molar-refractivity contribution < 1.29 is 0 Å². The van der Waals surface area contributed by atoms with Gasteiger partial charge in [0.2, 0.25) is 0 Å². The molecule has 1 unspecified atom stereocenters. The van der Waals surface area contributed by atoms with Crippen LogP contribution in [0.3, 0.4) is 0 Å². The lowest BCUT2D eigenvalue weighted by atomic mass is 10.0. The van der Waals surface area contributed by atoms with Crippen molar-refractivity contribution >= 4 is 21.8 Å². The lowest BCUT2D eigenvalue weighted by molar-refractivity contribution is 0.237. The molecule has 3 heterocycles. The number of benzene rings is 2. The van der Waals surface area contributed by atoms with Crippen LogP contribution in [0.2, 0.25) is 0 Å². The number of fused-ring (bicyclic) bond motifs is 3. The van der Waals surface area contributed by atoms with Gasteiger partial charge in [0.25, 0.3) is 5.56 Å². The topological polar surface area (TPSA) is 66.0 Å². The summed E-state index contributed by atoms with van der Waals surface area (Å²) in [7, 11) is 2.13. The number of para-hydroxylation sites is 2. The third kappa shape index (κ3) is 2.91. The van der Waals surface area contributed by atoms with E-state index in [4.69, 9.17) is 4.98 Å². The monoisotopic (exact) mass is 373 g/mol. The Bertz CT molecular complexity index is 1190. The number of nitrogens with one attached hydrogen (secondary N) is 2. The van der Waals surface area contributed by atoms with Gasteiger partial charge in [0.05, 0.1) is 27.8 Å². The van der Waals surface area contributed by atoms with Crippen molar-refractivity contribution in [2.45, 2.75) is 12.5 Å². The molecule has 28 heavy (non-hydrogen) atoms. The zero-order chi connectivity index (χ0) is 19.1. The summed E-state index contributed by atoms with van der Waals surface area (Å²) in [5.74, 6) is 0. The Morgan fingerprint density at radius 2 is 1.89 bits per heavy atom. The van der Waals surface area contributed by atoms with Crippen LogP contribution in [0.1, 0.15) is 5.69 Å². The SMILES string of the molecule is CN1CCNC(Cc2nc3ccccc3c3[nH]n(-c4ccccc4)c(=O)c23)C1. The molecule has 6 heteroatoms. The van der Waals surface area contributed by atoms with Crippen molar-refractivity contribution in [2.75, 3.05) is 26.7 Å². The van der Waals surface area contributed by atoms with Crippen molar-refractivity contribution in [2.24, 2.45) is 0 Å². The quantitative estimate of drug-likeness (QED) is 0.578. The van der Waals surface area contributed by atoms with Gasteiger partial charge >= 0.3 is 0 Å². The Morgan fingerprint density at radius 3 is 2.71 bits per heavy atom. The van der Waals surface area contributed by atoms with Gasteiger partial charge in [0.15, 0.2) is 0 Å². The average Bonchev–Trinajstić information content (AvgIpc) is 3.07. The lowest BCUT2D eigenvalue weighted by Gasteiger charge is -2.30. The van der Waals surface area contributed by atoms with Crippen molar-refractivity contribution in [1.82, 2.24) is 25.0 Å². The van der Waals surface area contributed by atoms with Crippen LogP contribution < -0.4 is 10.9 Å². The van der Waals surface area contributed by atoms with E-state index >= 15 is 0 Å². The van der Waals surface area contributed by atoms with E-state index in [1.54, 1.807) is 4.68 Å². The number of pyridine rings is 1. The maximum Gasteiger partial charge on any atom is 0.280 e. The number of aromatic amines is 1. The molecular formula is C22H23N5O. The van der Waals surface area contributed by atoms with E-state index in [-0.39, 0.29) is 11.6 Å². The van der Waals surface area contributed by atoms with Crippen LogP contribution in [0.5, 0.6) is 0 Å². The molecule has 5 rings (SSSR count). The van der Waals surface area contributed by atoms with Crippen LogP contribution in [0.15, 0.2) is 59.4 Å². The van der Waals surface area contributed by atoms with Gasteiger partial charge < -0.3 is 10.2 Å². The Labute approximate surface area is 162 Å². The summed E-state index contributed by atoms with van der Waals surface area (Å²) in [5.41, 5.74) is 3.42. The van der Waals surface area contributed by atoms with Crippen molar-refractivity contribution in [3.63, 3.8) is 0 Å². The second-order valence-electron chi connectivity index (χ2n) is 7.53. The molecule has 1 aliphatic rings. The second kappa shape index (κ2) is 6.89. The first kappa shape index (κ1) is 17.2. The Hall–Kier alpha value is -2.96. The third-order valence-electron chi connectivity index (χ3n) is 5.52. The molecule has 6 nitrogen and oxygen atoms in total. The van der Waals surface area contributed by atoms with Crippen molar-refractivity contribution in [3.05, 3.63) is 70.6 Å². The summed E-state index contributed by atoms with van der Waals surface area (Å²) < 4.78 is 1.63. The minimum Gasteiger partial charge on any atom is -0.311 e. The normalized spacial score (nSPS) is 18.1. The van der Waals surface area contributed by atoms with Crippen LogP contribution in [0.25, 0.3) is 27.5 Å².